The molecular formula is C15H27IN4O3S. The maximum Gasteiger partial charge on any atom is 0.240 e. The van der Waals surface area contributed by atoms with Crippen LogP contribution in [0.1, 0.15) is 18.9 Å². The van der Waals surface area contributed by atoms with Gasteiger partial charge in [0.15, 0.2) is 5.96 Å². The Morgan fingerprint density at radius 2 is 2.00 bits per heavy atom. The Balaban J connectivity index is 0.00000529. The molecule has 1 rings (SSSR count). The van der Waals surface area contributed by atoms with Crippen LogP contribution in [0.15, 0.2) is 34.2 Å². The van der Waals surface area contributed by atoms with Crippen LogP contribution in [-0.2, 0) is 21.3 Å². The maximum atomic E-state index is 12.2. The Bertz CT molecular complexity index is 608. The fraction of sp³-hybridized carbons (Fsp3) is 0.533. The lowest BCUT2D eigenvalue weighted by atomic mass is 10.2. The minimum absolute atomic E-state index is 0. The van der Waals surface area contributed by atoms with E-state index in [2.05, 4.69) is 27.3 Å². The first-order chi connectivity index (χ1) is 11.0. The van der Waals surface area contributed by atoms with Crippen molar-refractivity contribution in [1.82, 2.24) is 15.4 Å². The van der Waals surface area contributed by atoms with Crippen LogP contribution >= 0.6 is 24.0 Å². The van der Waals surface area contributed by atoms with Gasteiger partial charge in [0, 0.05) is 33.8 Å². The summed E-state index contributed by atoms with van der Waals surface area (Å²) in [7, 11) is -0.289. The SMILES string of the molecule is CCCNC(=NC)NCc1cccc(S(=O)(=O)NCCOC)c1.I. The highest BCUT2D eigenvalue weighted by atomic mass is 127. The van der Waals surface area contributed by atoms with E-state index in [1.54, 1.807) is 25.2 Å². The smallest absolute Gasteiger partial charge is 0.240 e. The Morgan fingerprint density at radius 3 is 2.62 bits per heavy atom. The molecule has 0 aromatic heterocycles. The van der Waals surface area contributed by atoms with E-state index in [-0.39, 0.29) is 35.4 Å². The van der Waals surface area contributed by atoms with Crippen molar-refractivity contribution in [3.05, 3.63) is 29.8 Å². The van der Waals surface area contributed by atoms with E-state index in [1.807, 2.05) is 6.07 Å². The Morgan fingerprint density at radius 1 is 1.25 bits per heavy atom. The lowest BCUT2D eigenvalue weighted by Gasteiger charge is -2.12. The summed E-state index contributed by atoms with van der Waals surface area (Å²) in [5.41, 5.74) is 0.860. The van der Waals surface area contributed by atoms with Crippen LogP contribution < -0.4 is 15.4 Å². The molecule has 9 heteroatoms. The number of guanidine groups is 1. The van der Waals surface area contributed by atoms with Crippen LogP contribution in [0.25, 0.3) is 0 Å². The fourth-order valence-corrected chi connectivity index (χ4v) is 2.92. The molecule has 0 unspecified atom stereocenters. The van der Waals surface area contributed by atoms with Crippen LogP contribution in [0.4, 0.5) is 0 Å². The largest absolute Gasteiger partial charge is 0.383 e. The average Bonchev–Trinajstić information content (AvgIpc) is 2.55. The van der Waals surface area contributed by atoms with Crippen LogP contribution in [0, 0.1) is 0 Å². The van der Waals surface area contributed by atoms with Crippen LogP contribution in [0.2, 0.25) is 0 Å². The molecule has 138 valence electrons. The summed E-state index contributed by atoms with van der Waals surface area (Å²) in [6.07, 6.45) is 1.00. The number of hydrogen-bond donors (Lipinski definition) is 3. The van der Waals surface area contributed by atoms with Gasteiger partial charge < -0.3 is 15.4 Å². The molecule has 0 saturated heterocycles. The summed E-state index contributed by atoms with van der Waals surface area (Å²) in [5, 5.41) is 6.32. The molecular weight excluding hydrogens is 443 g/mol. The fourth-order valence-electron chi connectivity index (χ4n) is 1.83. The topological polar surface area (TPSA) is 91.8 Å². The van der Waals surface area contributed by atoms with Gasteiger partial charge in [0.25, 0.3) is 0 Å². The van der Waals surface area contributed by atoms with Crippen molar-refractivity contribution < 1.29 is 13.2 Å². The normalized spacial score (nSPS) is 11.7. The molecule has 0 aliphatic rings. The van der Waals surface area contributed by atoms with Crippen molar-refractivity contribution >= 4 is 40.0 Å². The van der Waals surface area contributed by atoms with Crippen molar-refractivity contribution in [2.45, 2.75) is 24.8 Å². The first-order valence-electron chi connectivity index (χ1n) is 7.55. The number of nitrogens with one attached hydrogen (secondary N) is 3. The molecule has 0 atom stereocenters. The second-order valence-corrected chi connectivity index (χ2v) is 6.66. The minimum atomic E-state index is -3.52. The summed E-state index contributed by atoms with van der Waals surface area (Å²) >= 11 is 0. The second-order valence-electron chi connectivity index (χ2n) is 4.89. The highest BCUT2D eigenvalue weighted by molar-refractivity contribution is 14.0. The van der Waals surface area contributed by atoms with E-state index in [9.17, 15) is 8.42 Å². The predicted molar refractivity (Wildman–Crippen MR) is 107 cm³/mol. The monoisotopic (exact) mass is 470 g/mol. The van der Waals surface area contributed by atoms with Crippen LogP contribution in [-0.4, -0.2) is 48.2 Å². The van der Waals surface area contributed by atoms with Crippen molar-refractivity contribution in [1.29, 1.82) is 0 Å². The zero-order valence-corrected chi connectivity index (χ0v) is 17.5. The molecule has 1 aromatic carbocycles. The number of methoxy groups -OCH3 is 1. The van der Waals surface area contributed by atoms with Gasteiger partial charge in [-0.3, -0.25) is 4.99 Å². The Hall–Kier alpha value is -0.910. The van der Waals surface area contributed by atoms with Gasteiger partial charge in [0.2, 0.25) is 10.0 Å². The molecule has 0 spiro atoms. The van der Waals surface area contributed by atoms with E-state index in [0.717, 1.165) is 18.5 Å². The van der Waals surface area contributed by atoms with E-state index < -0.39 is 10.0 Å². The quantitative estimate of drug-likeness (QED) is 0.219. The zero-order valence-electron chi connectivity index (χ0n) is 14.3. The summed E-state index contributed by atoms with van der Waals surface area (Å²) < 4.78 is 31.7. The van der Waals surface area contributed by atoms with E-state index >= 15 is 0 Å². The number of rotatable bonds is 9. The highest BCUT2D eigenvalue weighted by Crippen LogP contribution is 2.11. The van der Waals surface area contributed by atoms with Crippen molar-refractivity contribution in [2.24, 2.45) is 4.99 Å². The zero-order chi connectivity index (χ0) is 17.1. The van der Waals surface area contributed by atoms with Crippen molar-refractivity contribution in [3.8, 4) is 0 Å². The molecule has 0 radical (unpaired) electrons. The van der Waals surface area contributed by atoms with Gasteiger partial charge in [-0.05, 0) is 24.1 Å². The summed E-state index contributed by atoms with van der Waals surface area (Å²) in [6.45, 7) is 3.97. The molecule has 0 aliphatic heterocycles. The lowest BCUT2D eigenvalue weighted by Crippen LogP contribution is -2.37. The Labute approximate surface area is 161 Å². The van der Waals surface area contributed by atoms with Gasteiger partial charge in [-0.1, -0.05) is 19.1 Å². The number of nitrogens with zero attached hydrogens (tertiary/aromatic N) is 1. The lowest BCUT2D eigenvalue weighted by molar-refractivity contribution is 0.204. The molecule has 1 aromatic rings. The van der Waals surface area contributed by atoms with Gasteiger partial charge in [-0.25, -0.2) is 13.1 Å². The summed E-state index contributed by atoms with van der Waals surface area (Å²) in [6, 6.07) is 6.82. The van der Waals surface area contributed by atoms with E-state index in [4.69, 9.17) is 4.74 Å². The minimum Gasteiger partial charge on any atom is -0.383 e. The summed E-state index contributed by atoms with van der Waals surface area (Å²) in [4.78, 5) is 4.35. The van der Waals surface area contributed by atoms with E-state index in [0.29, 0.717) is 19.1 Å². The molecule has 0 fully saturated rings. The third-order valence-corrected chi connectivity index (χ3v) is 4.49. The number of hydrogen-bond acceptors (Lipinski definition) is 4. The van der Waals surface area contributed by atoms with Gasteiger partial charge in [-0.15, -0.1) is 24.0 Å². The summed E-state index contributed by atoms with van der Waals surface area (Å²) in [5.74, 6) is 0.693. The van der Waals surface area contributed by atoms with Crippen molar-refractivity contribution in [3.63, 3.8) is 0 Å². The molecule has 7 nitrogen and oxygen atoms in total. The number of aliphatic imine (C=N–C) groups is 1. The second kappa shape index (κ2) is 12.5. The molecule has 0 heterocycles. The number of halogens is 1. The standard InChI is InChI=1S/C15H26N4O3S.HI/c1-4-8-17-15(16-2)18-12-13-6-5-7-14(11-13)23(20,21)19-9-10-22-3;/h5-7,11,19H,4,8-10,12H2,1-3H3,(H2,16,17,18);1H. The first-order valence-corrected chi connectivity index (χ1v) is 9.04. The maximum absolute atomic E-state index is 12.2. The molecule has 0 bridgehead atoms. The van der Waals surface area contributed by atoms with Gasteiger partial charge in [0.05, 0.1) is 11.5 Å². The van der Waals surface area contributed by atoms with Crippen LogP contribution in [0.3, 0.4) is 0 Å². The van der Waals surface area contributed by atoms with Gasteiger partial charge in [-0.2, -0.15) is 0 Å². The number of sulfonamides is 1. The molecule has 24 heavy (non-hydrogen) atoms. The molecule has 0 aliphatic carbocycles. The predicted octanol–water partition coefficient (Wildman–Crippen LogP) is 1.30. The molecule has 0 amide bonds. The number of benzene rings is 1. The third kappa shape index (κ3) is 8.27. The van der Waals surface area contributed by atoms with Gasteiger partial charge >= 0.3 is 0 Å². The Kier molecular flexibility index (Phi) is 12.0. The molecule has 0 saturated carbocycles. The third-order valence-electron chi connectivity index (χ3n) is 3.03. The first kappa shape index (κ1) is 23.1. The highest BCUT2D eigenvalue weighted by Gasteiger charge is 2.13. The van der Waals surface area contributed by atoms with Gasteiger partial charge in [0.1, 0.15) is 0 Å². The average molecular weight is 470 g/mol. The van der Waals surface area contributed by atoms with Crippen LogP contribution in [0.5, 0.6) is 0 Å². The molecule has 3 N–H and O–H groups in total. The van der Waals surface area contributed by atoms with E-state index in [1.165, 1.54) is 7.11 Å². The number of ether oxygens (including phenoxy) is 1. The van der Waals surface area contributed by atoms with Crippen molar-refractivity contribution in [2.75, 3.05) is 33.9 Å².